The molecule has 0 unspecified atom stereocenters. The van der Waals surface area contributed by atoms with Crippen LogP contribution in [0.25, 0.3) is 0 Å². The highest BCUT2D eigenvalue weighted by Gasteiger charge is 2.05. The van der Waals surface area contributed by atoms with E-state index in [2.05, 4.69) is 10.1 Å². The van der Waals surface area contributed by atoms with Gasteiger partial charge in [0.2, 0.25) is 0 Å². The summed E-state index contributed by atoms with van der Waals surface area (Å²) in [5.41, 5.74) is 6.11. The SMILES string of the molecule is COCCN(CCO)CCOc1ccc(/C(N)=N/O)cc1. The van der Waals surface area contributed by atoms with Gasteiger partial charge in [-0.05, 0) is 24.3 Å². The zero-order valence-corrected chi connectivity index (χ0v) is 12.2. The number of nitrogens with zero attached hydrogens (tertiary/aromatic N) is 2. The van der Waals surface area contributed by atoms with Crippen LogP contribution in [0, 0.1) is 0 Å². The van der Waals surface area contributed by atoms with Crippen LogP contribution < -0.4 is 10.5 Å². The van der Waals surface area contributed by atoms with Gasteiger partial charge in [-0.1, -0.05) is 5.16 Å². The van der Waals surface area contributed by atoms with E-state index in [1.807, 2.05) is 0 Å². The van der Waals surface area contributed by atoms with E-state index in [1.54, 1.807) is 31.4 Å². The molecule has 4 N–H and O–H groups in total. The number of benzene rings is 1. The molecule has 1 aromatic carbocycles. The van der Waals surface area contributed by atoms with Crippen molar-refractivity contribution in [2.75, 3.05) is 46.6 Å². The number of hydrogen-bond acceptors (Lipinski definition) is 6. The average molecular weight is 297 g/mol. The molecule has 7 heteroatoms. The molecule has 0 fully saturated rings. The third-order valence-corrected chi connectivity index (χ3v) is 2.96. The standard InChI is InChI=1S/C14H23N3O4/c1-20-10-7-17(6-9-18)8-11-21-13-4-2-12(3-5-13)14(15)16-19/h2-5,18-19H,6-11H2,1H3,(H2,15,16). The monoisotopic (exact) mass is 297 g/mol. The summed E-state index contributed by atoms with van der Waals surface area (Å²) in [4.78, 5) is 2.06. The van der Waals surface area contributed by atoms with E-state index < -0.39 is 0 Å². The number of oxime groups is 1. The second kappa shape index (κ2) is 9.98. The van der Waals surface area contributed by atoms with Crippen LogP contribution >= 0.6 is 0 Å². The Morgan fingerprint density at radius 1 is 1.19 bits per heavy atom. The van der Waals surface area contributed by atoms with Crippen molar-refractivity contribution in [3.05, 3.63) is 29.8 Å². The Labute approximate surface area is 124 Å². The van der Waals surface area contributed by atoms with E-state index in [-0.39, 0.29) is 12.4 Å². The first-order chi connectivity index (χ1) is 10.2. The summed E-state index contributed by atoms with van der Waals surface area (Å²) in [5, 5.41) is 20.5. The Bertz CT molecular complexity index is 423. The van der Waals surface area contributed by atoms with E-state index in [4.69, 9.17) is 25.5 Å². The Hall–Kier alpha value is -1.83. The molecule has 7 nitrogen and oxygen atoms in total. The van der Waals surface area contributed by atoms with Crippen molar-refractivity contribution < 1.29 is 19.8 Å². The maximum Gasteiger partial charge on any atom is 0.170 e. The van der Waals surface area contributed by atoms with E-state index in [1.165, 1.54) is 0 Å². The maximum absolute atomic E-state index is 8.99. The Morgan fingerprint density at radius 2 is 1.86 bits per heavy atom. The molecule has 1 rings (SSSR count). The van der Waals surface area contributed by atoms with Crippen LogP contribution in [0.4, 0.5) is 0 Å². The molecule has 21 heavy (non-hydrogen) atoms. The van der Waals surface area contributed by atoms with Gasteiger partial charge in [0.15, 0.2) is 5.84 Å². The lowest BCUT2D eigenvalue weighted by Gasteiger charge is -2.20. The van der Waals surface area contributed by atoms with Crippen molar-refractivity contribution in [1.29, 1.82) is 0 Å². The highest BCUT2D eigenvalue weighted by molar-refractivity contribution is 5.97. The fraction of sp³-hybridized carbons (Fsp3) is 0.500. The minimum atomic E-state index is 0.0650. The normalized spacial score (nSPS) is 11.9. The summed E-state index contributed by atoms with van der Waals surface area (Å²) >= 11 is 0. The number of amidine groups is 1. The Kier molecular flexibility index (Phi) is 8.18. The third kappa shape index (κ3) is 6.44. The number of nitrogens with two attached hydrogens (primary N) is 1. The second-order valence-corrected chi connectivity index (χ2v) is 4.42. The zero-order valence-electron chi connectivity index (χ0n) is 12.2. The lowest BCUT2D eigenvalue weighted by molar-refractivity contribution is 0.118. The fourth-order valence-corrected chi connectivity index (χ4v) is 1.77. The minimum Gasteiger partial charge on any atom is -0.492 e. The van der Waals surface area contributed by atoms with E-state index in [9.17, 15) is 0 Å². The fourth-order valence-electron chi connectivity index (χ4n) is 1.77. The number of aliphatic hydroxyl groups excluding tert-OH is 1. The van der Waals surface area contributed by atoms with E-state index in [0.717, 1.165) is 6.54 Å². The van der Waals surface area contributed by atoms with Crippen molar-refractivity contribution in [2.45, 2.75) is 0 Å². The van der Waals surface area contributed by atoms with Crippen LogP contribution in [0.2, 0.25) is 0 Å². The molecule has 118 valence electrons. The van der Waals surface area contributed by atoms with Gasteiger partial charge >= 0.3 is 0 Å². The molecule has 0 saturated heterocycles. The number of aliphatic hydroxyl groups is 1. The molecule has 0 aliphatic heterocycles. The van der Waals surface area contributed by atoms with Crippen molar-refractivity contribution in [3.8, 4) is 5.75 Å². The van der Waals surface area contributed by atoms with Gasteiger partial charge in [-0.25, -0.2) is 0 Å². The molecule has 0 radical (unpaired) electrons. The number of methoxy groups -OCH3 is 1. The number of rotatable bonds is 10. The topological polar surface area (TPSA) is 101 Å². The summed E-state index contributed by atoms with van der Waals surface area (Å²) in [5.74, 6) is 0.774. The number of hydrogen-bond donors (Lipinski definition) is 3. The van der Waals surface area contributed by atoms with Crippen molar-refractivity contribution >= 4 is 5.84 Å². The molecule has 0 heterocycles. The van der Waals surface area contributed by atoms with Gasteiger partial charge in [0, 0.05) is 32.3 Å². The average Bonchev–Trinajstić information content (AvgIpc) is 2.52. The number of ether oxygens (including phenoxy) is 2. The Balaban J connectivity index is 2.40. The van der Waals surface area contributed by atoms with Gasteiger partial charge in [0.1, 0.15) is 12.4 Å². The van der Waals surface area contributed by atoms with Gasteiger partial charge in [0.05, 0.1) is 13.2 Å². The molecule has 0 aromatic heterocycles. The molecule has 0 spiro atoms. The van der Waals surface area contributed by atoms with Crippen LogP contribution in [0.1, 0.15) is 5.56 Å². The molecule has 0 aliphatic rings. The van der Waals surface area contributed by atoms with E-state index >= 15 is 0 Å². The summed E-state index contributed by atoms with van der Waals surface area (Å²) in [6.45, 7) is 3.28. The van der Waals surface area contributed by atoms with Crippen molar-refractivity contribution in [3.63, 3.8) is 0 Å². The predicted molar refractivity (Wildman–Crippen MR) is 79.8 cm³/mol. The highest BCUT2D eigenvalue weighted by atomic mass is 16.5. The maximum atomic E-state index is 8.99. The molecule has 0 amide bonds. The lowest BCUT2D eigenvalue weighted by atomic mass is 10.2. The molecule has 0 bridgehead atoms. The first-order valence-corrected chi connectivity index (χ1v) is 6.74. The van der Waals surface area contributed by atoms with Crippen molar-refractivity contribution in [1.82, 2.24) is 4.90 Å². The van der Waals surface area contributed by atoms with Crippen molar-refractivity contribution in [2.24, 2.45) is 10.9 Å². The van der Waals surface area contributed by atoms with Gasteiger partial charge in [-0.2, -0.15) is 0 Å². The van der Waals surface area contributed by atoms with Gasteiger partial charge in [-0.3, -0.25) is 4.90 Å². The van der Waals surface area contributed by atoms with Crippen LogP contribution in [-0.2, 0) is 4.74 Å². The highest BCUT2D eigenvalue weighted by Crippen LogP contribution is 2.12. The first-order valence-electron chi connectivity index (χ1n) is 6.74. The lowest BCUT2D eigenvalue weighted by Crippen LogP contribution is -2.33. The van der Waals surface area contributed by atoms with Crippen LogP contribution in [0.5, 0.6) is 5.75 Å². The minimum absolute atomic E-state index is 0.0650. The zero-order chi connectivity index (χ0) is 15.5. The smallest absolute Gasteiger partial charge is 0.170 e. The summed E-state index contributed by atoms with van der Waals surface area (Å²) in [7, 11) is 1.65. The predicted octanol–water partition coefficient (Wildman–Crippen LogP) is 0.101. The second-order valence-electron chi connectivity index (χ2n) is 4.42. The van der Waals surface area contributed by atoms with Crippen LogP contribution in [0.3, 0.4) is 0 Å². The van der Waals surface area contributed by atoms with E-state index in [0.29, 0.717) is 37.6 Å². The largest absolute Gasteiger partial charge is 0.492 e. The Morgan fingerprint density at radius 3 is 2.43 bits per heavy atom. The quantitative estimate of drug-likeness (QED) is 0.245. The van der Waals surface area contributed by atoms with Crippen LogP contribution in [0.15, 0.2) is 29.4 Å². The summed E-state index contributed by atoms with van der Waals surface area (Å²) < 4.78 is 10.6. The van der Waals surface area contributed by atoms with Gasteiger partial charge in [0.25, 0.3) is 0 Å². The molecular weight excluding hydrogens is 274 g/mol. The molecule has 0 saturated carbocycles. The molecule has 1 aromatic rings. The summed E-state index contributed by atoms with van der Waals surface area (Å²) in [6.07, 6.45) is 0. The van der Waals surface area contributed by atoms with Gasteiger partial charge in [-0.15, -0.1) is 0 Å². The van der Waals surface area contributed by atoms with Gasteiger partial charge < -0.3 is 25.5 Å². The molecule has 0 atom stereocenters. The molecule has 0 aliphatic carbocycles. The third-order valence-electron chi connectivity index (χ3n) is 2.96. The summed E-state index contributed by atoms with van der Waals surface area (Å²) in [6, 6.07) is 6.97. The van der Waals surface area contributed by atoms with Crippen LogP contribution in [-0.4, -0.2) is 67.6 Å². The first kappa shape index (κ1) is 17.2. The molecular formula is C14H23N3O4.